The lowest BCUT2D eigenvalue weighted by Crippen LogP contribution is -2.16. The number of hydrazone groups is 1. The van der Waals surface area contributed by atoms with Crippen LogP contribution in [0, 0.1) is 10.1 Å². The van der Waals surface area contributed by atoms with Crippen molar-refractivity contribution in [2.45, 2.75) is 0 Å². The number of phenolic OH excluding ortho intramolecular Hbond substituents is 1. The zero-order chi connectivity index (χ0) is 19.6. The third-order valence-electron chi connectivity index (χ3n) is 3.58. The molecule has 0 bridgehead atoms. The molecule has 1 heterocycles. The fraction of sp³-hybridized carbons (Fsp3) is 0.0588. The lowest BCUT2D eigenvalue weighted by atomic mass is 10.2. The first-order valence-corrected chi connectivity index (χ1v) is 8.26. The largest absolute Gasteiger partial charge is 0.503 e. The van der Waals surface area contributed by atoms with Gasteiger partial charge in [0.05, 0.1) is 22.7 Å². The summed E-state index contributed by atoms with van der Waals surface area (Å²) in [6, 6.07) is 8.56. The van der Waals surface area contributed by atoms with Crippen LogP contribution in [0.3, 0.4) is 0 Å². The first-order chi connectivity index (χ1) is 12.9. The van der Waals surface area contributed by atoms with E-state index in [1.165, 1.54) is 43.7 Å². The van der Waals surface area contributed by atoms with Crippen LogP contribution in [0.25, 0.3) is 11.0 Å². The Labute approximate surface area is 160 Å². The quantitative estimate of drug-likeness (QED) is 0.359. The zero-order valence-electron chi connectivity index (χ0n) is 13.8. The van der Waals surface area contributed by atoms with Crippen LogP contribution in [-0.2, 0) is 0 Å². The summed E-state index contributed by atoms with van der Waals surface area (Å²) in [7, 11) is 1.41. The van der Waals surface area contributed by atoms with E-state index in [1.54, 1.807) is 6.07 Å². The van der Waals surface area contributed by atoms with E-state index in [1.807, 2.05) is 0 Å². The third kappa shape index (κ3) is 3.90. The molecule has 0 fully saturated rings. The molecule has 1 aromatic heterocycles. The summed E-state index contributed by atoms with van der Waals surface area (Å²) in [6.07, 6.45) is 1.36. The molecule has 0 saturated heterocycles. The van der Waals surface area contributed by atoms with Crippen molar-refractivity contribution < 1.29 is 24.0 Å². The van der Waals surface area contributed by atoms with Gasteiger partial charge in [-0.25, -0.2) is 5.43 Å². The number of nitro benzene ring substituents is 1. The number of benzene rings is 2. The van der Waals surface area contributed by atoms with Gasteiger partial charge in [-0.1, -0.05) is 0 Å². The number of halogens is 1. The monoisotopic (exact) mass is 433 g/mol. The minimum absolute atomic E-state index is 0.0351. The molecule has 3 aromatic rings. The number of furan rings is 1. The number of non-ortho nitro benzene ring substituents is 1. The highest BCUT2D eigenvalue weighted by molar-refractivity contribution is 9.10. The number of hydrogen-bond acceptors (Lipinski definition) is 7. The maximum absolute atomic E-state index is 12.1. The van der Waals surface area contributed by atoms with Gasteiger partial charge in [0, 0.05) is 17.5 Å². The molecule has 0 unspecified atom stereocenters. The number of carbonyl (C=O) groups excluding carboxylic acids is 1. The average Bonchev–Trinajstić information content (AvgIpc) is 3.07. The van der Waals surface area contributed by atoms with E-state index in [0.717, 1.165) is 0 Å². The number of nitro groups is 1. The number of aromatic hydroxyl groups is 1. The summed E-state index contributed by atoms with van der Waals surface area (Å²) >= 11 is 3.19. The van der Waals surface area contributed by atoms with Crippen LogP contribution in [0.15, 0.2) is 50.4 Å². The summed E-state index contributed by atoms with van der Waals surface area (Å²) in [4.78, 5) is 22.4. The molecule has 138 valence electrons. The van der Waals surface area contributed by atoms with Crippen molar-refractivity contribution in [2.75, 3.05) is 7.11 Å². The van der Waals surface area contributed by atoms with Crippen LogP contribution in [0.5, 0.6) is 11.5 Å². The number of nitrogens with one attached hydrogen (secondary N) is 1. The van der Waals surface area contributed by atoms with Gasteiger partial charge < -0.3 is 14.3 Å². The molecule has 0 saturated carbocycles. The van der Waals surface area contributed by atoms with E-state index in [2.05, 4.69) is 26.5 Å². The van der Waals surface area contributed by atoms with Crippen molar-refractivity contribution in [3.05, 3.63) is 62.3 Å². The molecule has 9 nitrogen and oxygen atoms in total. The molecule has 0 atom stereocenters. The predicted octanol–water partition coefficient (Wildman–Crippen LogP) is 3.58. The molecule has 1 amide bonds. The minimum atomic E-state index is -0.616. The smallest absolute Gasteiger partial charge is 0.307 e. The Hall–Kier alpha value is -3.40. The van der Waals surface area contributed by atoms with Gasteiger partial charge in [-0.3, -0.25) is 14.9 Å². The number of amides is 1. The Kier molecular flexibility index (Phi) is 5.08. The number of ether oxygens (including phenoxy) is 1. The summed E-state index contributed by atoms with van der Waals surface area (Å²) in [6.45, 7) is 0. The molecule has 0 aliphatic heterocycles. The van der Waals surface area contributed by atoms with Crippen LogP contribution in [0.4, 0.5) is 5.69 Å². The molecule has 2 aromatic carbocycles. The second-order valence-corrected chi connectivity index (χ2v) is 6.20. The Morgan fingerprint density at radius 3 is 2.85 bits per heavy atom. The van der Waals surface area contributed by atoms with Gasteiger partial charge >= 0.3 is 5.91 Å². The van der Waals surface area contributed by atoms with E-state index < -0.39 is 10.8 Å². The second kappa shape index (κ2) is 7.46. The Morgan fingerprint density at radius 2 is 2.15 bits per heavy atom. The summed E-state index contributed by atoms with van der Waals surface area (Å²) in [5, 5.41) is 24.8. The molecule has 0 aliphatic rings. The maximum Gasteiger partial charge on any atom is 0.307 e. The molecular weight excluding hydrogens is 422 g/mol. The fourth-order valence-electron chi connectivity index (χ4n) is 2.30. The van der Waals surface area contributed by atoms with Gasteiger partial charge in [0.25, 0.3) is 5.69 Å². The van der Waals surface area contributed by atoms with Gasteiger partial charge in [0.2, 0.25) is 0 Å². The molecule has 3 rings (SSSR count). The Balaban J connectivity index is 1.76. The van der Waals surface area contributed by atoms with E-state index in [0.29, 0.717) is 21.0 Å². The first-order valence-electron chi connectivity index (χ1n) is 7.47. The summed E-state index contributed by atoms with van der Waals surface area (Å²) in [5.41, 5.74) is 3.12. The molecule has 0 radical (unpaired) electrons. The van der Waals surface area contributed by atoms with Gasteiger partial charge in [-0.2, -0.15) is 5.10 Å². The van der Waals surface area contributed by atoms with Crippen molar-refractivity contribution in [3.63, 3.8) is 0 Å². The van der Waals surface area contributed by atoms with Crippen LogP contribution in [-0.4, -0.2) is 29.3 Å². The first kappa shape index (κ1) is 18.4. The maximum atomic E-state index is 12.1. The van der Waals surface area contributed by atoms with Crippen molar-refractivity contribution in [2.24, 2.45) is 5.10 Å². The Bertz CT molecular complexity index is 1080. The van der Waals surface area contributed by atoms with Crippen LogP contribution < -0.4 is 10.2 Å². The molecule has 27 heavy (non-hydrogen) atoms. The van der Waals surface area contributed by atoms with E-state index in [9.17, 15) is 20.0 Å². The van der Waals surface area contributed by atoms with Gasteiger partial charge in [-0.05, 0) is 45.8 Å². The van der Waals surface area contributed by atoms with Gasteiger partial charge in [-0.15, -0.1) is 0 Å². The number of methoxy groups -OCH3 is 1. The number of phenols is 1. The van der Waals surface area contributed by atoms with Crippen molar-refractivity contribution in [3.8, 4) is 11.5 Å². The standard InChI is InChI=1S/C17H12BrN3O6/c1-26-14-5-9(4-12(18)16(14)22)8-19-20-17(23)15-7-10-6-11(21(24)25)2-3-13(10)27-15/h2-8,22H,1H3,(H,20,23)/b19-8-. The van der Waals surface area contributed by atoms with E-state index >= 15 is 0 Å². The molecule has 10 heteroatoms. The number of rotatable bonds is 5. The van der Waals surface area contributed by atoms with Gasteiger partial charge in [0.15, 0.2) is 17.3 Å². The molecule has 2 N–H and O–H groups in total. The van der Waals surface area contributed by atoms with Crippen LogP contribution in [0.2, 0.25) is 0 Å². The fourth-order valence-corrected chi connectivity index (χ4v) is 2.76. The van der Waals surface area contributed by atoms with Gasteiger partial charge in [0.1, 0.15) is 5.58 Å². The zero-order valence-corrected chi connectivity index (χ0v) is 15.4. The molecule has 0 spiro atoms. The number of nitrogens with zero attached hydrogens (tertiary/aromatic N) is 2. The average molecular weight is 434 g/mol. The summed E-state index contributed by atoms with van der Waals surface area (Å²) < 4.78 is 10.8. The van der Waals surface area contributed by atoms with Crippen molar-refractivity contribution >= 4 is 44.7 Å². The van der Waals surface area contributed by atoms with E-state index in [4.69, 9.17) is 9.15 Å². The third-order valence-corrected chi connectivity index (χ3v) is 4.19. The Morgan fingerprint density at radius 1 is 1.37 bits per heavy atom. The number of fused-ring (bicyclic) bond motifs is 1. The minimum Gasteiger partial charge on any atom is -0.503 e. The predicted molar refractivity (Wildman–Crippen MR) is 100 cm³/mol. The lowest BCUT2D eigenvalue weighted by molar-refractivity contribution is -0.384. The molecule has 0 aliphatic carbocycles. The molecular formula is C17H12BrN3O6. The summed E-state index contributed by atoms with van der Waals surface area (Å²) in [5.74, 6) is -0.451. The second-order valence-electron chi connectivity index (χ2n) is 5.34. The highest BCUT2D eigenvalue weighted by atomic mass is 79.9. The van der Waals surface area contributed by atoms with E-state index in [-0.39, 0.29) is 22.9 Å². The number of carbonyl (C=O) groups is 1. The van der Waals surface area contributed by atoms with Crippen molar-refractivity contribution in [1.82, 2.24) is 5.43 Å². The van der Waals surface area contributed by atoms with Crippen LogP contribution in [0.1, 0.15) is 16.1 Å². The van der Waals surface area contributed by atoms with Crippen LogP contribution >= 0.6 is 15.9 Å². The lowest BCUT2D eigenvalue weighted by Gasteiger charge is -2.06. The topological polar surface area (TPSA) is 127 Å². The number of hydrogen-bond donors (Lipinski definition) is 2. The highest BCUT2D eigenvalue weighted by Crippen LogP contribution is 2.34. The SMILES string of the molecule is COc1cc(/C=N\NC(=O)c2cc3cc([N+](=O)[O-])ccc3o2)cc(Br)c1O. The highest BCUT2D eigenvalue weighted by Gasteiger charge is 2.14. The van der Waals surface area contributed by atoms with Crippen molar-refractivity contribution in [1.29, 1.82) is 0 Å². The normalized spacial score (nSPS) is 11.0.